The molecule has 318 valence electrons. The number of nitrogens with zero attached hydrogens (tertiary/aromatic N) is 4. The van der Waals surface area contributed by atoms with Gasteiger partial charge in [-0.2, -0.15) is 0 Å². The molecule has 0 bridgehead atoms. The molecular formula is C64H42N4. The number of pyridine rings is 2. The van der Waals surface area contributed by atoms with Gasteiger partial charge in [0.15, 0.2) is 0 Å². The molecule has 0 N–H and O–H groups in total. The second kappa shape index (κ2) is 16.4. The minimum absolute atomic E-state index is 0.849. The first-order valence-corrected chi connectivity index (χ1v) is 23.1. The summed E-state index contributed by atoms with van der Waals surface area (Å²) >= 11 is 0. The zero-order valence-electron chi connectivity index (χ0n) is 37.0. The summed E-state index contributed by atoms with van der Waals surface area (Å²) in [6.07, 6.45) is 3.68. The Hall–Kier alpha value is -9.12. The van der Waals surface area contributed by atoms with E-state index in [1.165, 1.54) is 44.1 Å². The van der Waals surface area contributed by atoms with Crippen LogP contribution in [0.15, 0.2) is 255 Å². The number of hydrogen-bond acceptors (Lipinski definition) is 2. The molecule has 0 aliphatic carbocycles. The Balaban J connectivity index is 1.09. The Morgan fingerprint density at radius 1 is 0.294 bits per heavy atom. The van der Waals surface area contributed by atoms with Gasteiger partial charge in [-0.25, -0.2) is 4.98 Å². The highest BCUT2D eigenvalue weighted by Crippen LogP contribution is 2.45. The van der Waals surface area contributed by atoms with Crippen LogP contribution in [0.3, 0.4) is 0 Å². The van der Waals surface area contributed by atoms with Gasteiger partial charge in [0.25, 0.3) is 0 Å². The topological polar surface area (TPSA) is 35.6 Å². The number of benzene rings is 9. The van der Waals surface area contributed by atoms with Crippen LogP contribution in [-0.4, -0.2) is 19.1 Å². The lowest BCUT2D eigenvalue weighted by atomic mass is 9.94. The molecule has 4 heterocycles. The molecule has 0 radical (unpaired) electrons. The fourth-order valence-electron chi connectivity index (χ4n) is 10.2. The van der Waals surface area contributed by atoms with Crippen LogP contribution < -0.4 is 0 Å². The molecule has 0 aliphatic rings. The van der Waals surface area contributed by atoms with Gasteiger partial charge in [-0.1, -0.05) is 158 Å². The van der Waals surface area contributed by atoms with Gasteiger partial charge in [-0.05, 0) is 129 Å². The van der Waals surface area contributed by atoms with Crippen molar-refractivity contribution in [2.75, 3.05) is 0 Å². The molecule has 4 heteroatoms. The second-order valence-corrected chi connectivity index (χ2v) is 17.4. The van der Waals surface area contributed by atoms with Crippen molar-refractivity contribution in [1.82, 2.24) is 19.1 Å². The molecular weight excluding hydrogens is 825 g/mol. The second-order valence-electron chi connectivity index (χ2n) is 17.4. The van der Waals surface area contributed by atoms with Crippen LogP contribution in [0.25, 0.3) is 122 Å². The van der Waals surface area contributed by atoms with Gasteiger partial charge in [0.1, 0.15) is 5.82 Å². The summed E-state index contributed by atoms with van der Waals surface area (Å²) in [5, 5.41) is 4.74. The first-order valence-electron chi connectivity index (χ1n) is 23.1. The molecule has 0 amide bonds. The smallest absolute Gasteiger partial charge is 0.138 e. The van der Waals surface area contributed by atoms with Crippen molar-refractivity contribution in [3.8, 4) is 78.4 Å². The maximum atomic E-state index is 5.35. The van der Waals surface area contributed by atoms with Crippen LogP contribution >= 0.6 is 0 Å². The standard InChI is InChI=1S/C64H42N4/c1-6-18-43(19-7-1)50-38-53(45-22-10-3-11-23-45)63-57(40-50)55-36-47(31-33-60(55)67(63)52-27-14-5-15-28-52)48-32-34-61-56(37-48)58-41-51(44-20-8-2-9-21-44)39-54(46-24-12-4-13-25-46)64(58)68(61)62-30-16-29-59(66-62)49-26-17-35-65-42-49/h1-42H. The number of para-hydroxylation sites is 1. The van der Waals surface area contributed by atoms with Crippen LogP contribution in [0.1, 0.15) is 0 Å². The van der Waals surface area contributed by atoms with Crippen molar-refractivity contribution in [2.24, 2.45) is 0 Å². The van der Waals surface area contributed by atoms with E-state index in [4.69, 9.17) is 4.98 Å². The van der Waals surface area contributed by atoms with Crippen LogP contribution in [0.4, 0.5) is 0 Å². The Labute approximate surface area is 394 Å². The van der Waals surface area contributed by atoms with Gasteiger partial charge in [0, 0.05) is 56.3 Å². The Morgan fingerprint density at radius 2 is 0.750 bits per heavy atom. The quantitative estimate of drug-likeness (QED) is 0.153. The van der Waals surface area contributed by atoms with Gasteiger partial charge in [0.2, 0.25) is 0 Å². The van der Waals surface area contributed by atoms with Gasteiger partial charge in [-0.15, -0.1) is 0 Å². The number of rotatable bonds is 8. The van der Waals surface area contributed by atoms with E-state index in [1.807, 2.05) is 12.3 Å². The predicted molar refractivity (Wildman–Crippen MR) is 283 cm³/mol. The molecule has 4 nitrogen and oxygen atoms in total. The molecule has 0 spiro atoms. The summed E-state index contributed by atoms with van der Waals surface area (Å²) in [6.45, 7) is 0. The van der Waals surface area contributed by atoms with Gasteiger partial charge < -0.3 is 4.57 Å². The van der Waals surface area contributed by atoms with Crippen LogP contribution in [0.2, 0.25) is 0 Å². The predicted octanol–water partition coefficient (Wildman–Crippen LogP) is 16.7. The molecule has 4 aromatic heterocycles. The first kappa shape index (κ1) is 39.3. The molecule has 0 fully saturated rings. The van der Waals surface area contributed by atoms with Crippen LogP contribution in [-0.2, 0) is 0 Å². The highest BCUT2D eigenvalue weighted by Gasteiger charge is 2.22. The maximum Gasteiger partial charge on any atom is 0.138 e. The number of aromatic nitrogens is 4. The molecule has 9 aromatic carbocycles. The van der Waals surface area contributed by atoms with Crippen molar-refractivity contribution >= 4 is 43.6 Å². The minimum atomic E-state index is 0.849. The van der Waals surface area contributed by atoms with E-state index in [9.17, 15) is 0 Å². The van der Waals surface area contributed by atoms with Crippen LogP contribution in [0.5, 0.6) is 0 Å². The van der Waals surface area contributed by atoms with Gasteiger partial charge in [-0.3, -0.25) is 9.55 Å². The first-order chi connectivity index (χ1) is 33.7. The normalized spacial score (nSPS) is 11.5. The van der Waals surface area contributed by atoms with Crippen molar-refractivity contribution in [3.63, 3.8) is 0 Å². The average molecular weight is 867 g/mol. The third-order valence-corrected chi connectivity index (χ3v) is 13.4. The molecule has 0 aliphatic heterocycles. The minimum Gasteiger partial charge on any atom is -0.309 e. The van der Waals surface area contributed by atoms with Crippen LogP contribution in [0, 0.1) is 0 Å². The molecule has 68 heavy (non-hydrogen) atoms. The molecule has 0 saturated heterocycles. The largest absolute Gasteiger partial charge is 0.309 e. The van der Waals surface area contributed by atoms with Crippen molar-refractivity contribution in [2.45, 2.75) is 0 Å². The van der Waals surface area contributed by atoms with E-state index in [0.29, 0.717) is 0 Å². The molecule has 0 unspecified atom stereocenters. The molecule has 0 saturated carbocycles. The molecule has 13 rings (SSSR count). The van der Waals surface area contributed by atoms with E-state index in [2.05, 4.69) is 251 Å². The molecule has 0 atom stereocenters. The monoisotopic (exact) mass is 866 g/mol. The third-order valence-electron chi connectivity index (χ3n) is 13.4. The Morgan fingerprint density at radius 3 is 1.26 bits per heavy atom. The third kappa shape index (κ3) is 6.69. The summed E-state index contributed by atoms with van der Waals surface area (Å²) in [5.41, 5.74) is 19.2. The van der Waals surface area contributed by atoms with Gasteiger partial charge in [0.05, 0.1) is 27.8 Å². The van der Waals surface area contributed by atoms with Gasteiger partial charge >= 0.3 is 0 Å². The van der Waals surface area contributed by atoms with E-state index < -0.39 is 0 Å². The average Bonchev–Trinajstić information content (AvgIpc) is 3.94. The molecule has 13 aromatic rings. The summed E-state index contributed by atoms with van der Waals surface area (Å²) in [5.74, 6) is 0.849. The lowest BCUT2D eigenvalue weighted by molar-refractivity contribution is 1.08. The summed E-state index contributed by atoms with van der Waals surface area (Å²) in [7, 11) is 0. The Kier molecular flexibility index (Phi) is 9.47. The maximum absolute atomic E-state index is 5.35. The number of fused-ring (bicyclic) bond motifs is 6. The zero-order valence-corrected chi connectivity index (χ0v) is 37.0. The van der Waals surface area contributed by atoms with E-state index in [1.54, 1.807) is 6.20 Å². The lowest BCUT2D eigenvalue weighted by Gasteiger charge is -2.14. The fraction of sp³-hybridized carbons (Fsp3) is 0. The summed E-state index contributed by atoms with van der Waals surface area (Å²) in [6, 6.07) is 87.6. The van der Waals surface area contributed by atoms with E-state index >= 15 is 0 Å². The summed E-state index contributed by atoms with van der Waals surface area (Å²) < 4.78 is 4.81. The number of hydrogen-bond donors (Lipinski definition) is 0. The highest BCUT2D eigenvalue weighted by atomic mass is 15.1. The van der Waals surface area contributed by atoms with Crippen molar-refractivity contribution < 1.29 is 0 Å². The van der Waals surface area contributed by atoms with Crippen molar-refractivity contribution in [3.05, 3.63) is 255 Å². The summed E-state index contributed by atoms with van der Waals surface area (Å²) in [4.78, 5) is 9.78. The lowest BCUT2D eigenvalue weighted by Crippen LogP contribution is -2.00. The van der Waals surface area contributed by atoms with E-state index in [-0.39, 0.29) is 0 Å². The highest BCUT2D eigenvalue weighted by molar-refractivity contribution is 6.18. The van der Waals surface area contributed by atoms with Crippen molar-refractivity contribution in [1.29, 1.82) is 0 Å². The van der Waals surface area contributed by atoms with E-state index in [0.717, 1.165) is 77.9 Å². The Bertz CT molecular complexity index is 3970. The fourth-order valence-corrected chi connectivity index (χ4v) is 10.2. The zero-order chi connectivity index (χ0) is 45.0. The SMILES string of the molecule is c1ccc(-c2cc(-c3ccccc3)c3c(c2)c2cc(-c4ccc5c(c4)c4cc(-c6ccccc6)cc(-c6ccccc6)c4n5-c4cccc(-c5cccnc5)n4)ccc2n3-c2ccccc2)cc1.